The molecule has 0 saturated heterocycles. The van der Waals surface area contributed by atoms with Gasteiger partial charge in [0.1, 0.15) is 5.69 Å². The summed E-state index contributed by atoms with van der Waals surface area (Å²) in [5.74, 6) is -1.47. The van der Waals surface area contributed by atoms with Crippen LogP contribution in [0.5, 0.6) is 0 Å². The fourth-order valence-electron chi connectivity index (χ4n) is 3.04. The molecule has 3 rings (SSSR count). The van der Waals surface area contributed by atoms with Gasteiger partial charge in [0.15, 0.2) is 6.04 Å². The molecule has 0 aliphatic rings. The van der Waals surface area contributed by atoms with Gasteiger partial charge < -0.3 is 15.0 Å². The molecule has 25 heavy (non-hydrogen) atoms. The van der Waals surface area contributed by atoms with Crippen molar-refractivity contribution in [1.29, 1.82) is 0 Å². The Morgan fingerprint density at radius 1 is 1.08 bits per heavy atom. The second-order valence-corrected chi connectivity index (χ2v) is 5.90. The molecule has 0 aliphatic heterocycles. The zero-order chi connectivity index (χ0) is 17.8. The van der Waals surface area contributed by atoms with Gasteiger partial charge in [-0.15, -0.1) is 0 Å². The molecule has 5 heteroatoms. The minimum Gasteiger partial charge on any atom is -0.479 e. The highest BCUT2D eigenvalue weighted by Gasteiger charge is 2.25. The van der Waals surface area contributed by atoms with Crippen LogP contribution in [0.2, 0.25) is 0 Å². The van der Waals surface area contributed by atoms with E-state index in [2.05, 4.69) is 5.32 Å². The Balaban J connectivity index is 1.95. The predicted molar refractivity (Wildman–Crippen MR) is 96.5 cm³/mol. The molecular formula is C20H20N2O3. The number of fused-ring (bicyclic) bond motifs is 1. The van der Waals surface area contributed by atoms with E-state index in [9.17, 15) is 14.7 Å². The first-order valence-corrected chi connectivity index (χ1v) is 8.28. The molecule has 1 aromatic heterocycles. The number of hydrogen-bond donors (Lipinski definition) is 2. The van der Waals surface area contributed by atoms with Crippen LogP contribution >= 0.6 is 0 Å². The summed E-state index contributed by atoms with van der Waals surface area (Å²) in [5, 5.41) is 14.1. The lowest BCUT2D eigenvalue weighted by molar-refractivity contribution is -0.139. The number of aryl methyl sites for hydroxylation is 1. The second kappa shape index (κ2) is 7.21. The number of hydrogen-bond acceptors (Lipinski definition) is 2. The lowest BCUT2D eigenvalue weighted by atomic mass is 9.98. The molecule has 1 atom stereocenters. The van der Waals surface area contributed by atoms with Crippen LogP contribution < -0.4 is 5.32 Å². The highest BCUT2D eigenvalue weighted by Crippen LogP contribution is 2.25. The molecule has 0 fully saturated rings. The Kier molecular flexibility index (Phi) is 4.84. The Morgan fingerprint density at radius 3 is 2.60 bits per heavy atom. The molecular weight excluding hydrogens is 316 g/mol. The summed E-state index contributed by atoms with van der Waals surface area (Å²) in [5.41, 5.74) is 1.04. The van der Waals surface area contributed by atoms with E-state index in [1.54, 1.807) is 24.3 Å². The molecule has 1 heterocycles. The number of aliphatic carboxylic acids is 1. The third-order valence-electron chi connectivity index (χ3n) is 4.18. The van der Waals surface area contributed by atoms with Crippen molar-refractivity contribution in [2.75, 3.05) is 0 Å². The molecule has 0 saturated carbocycles. The van der Waals surface area contributed by atoms with Gasteiger partial charge in [-0.05, 0) is 34.9 Å². The van der Waals surface area contributed by atoms with Gasteiger partial charge in [-0.3, -0.25) is 4.79 Å². The molecule has 3 aromatic rings. The molecule has 5 nitrogen and oxygen atoms in total. The third-order valence-corrected chi connectivity index (χ3v) is 4.18. The maximum atomic E-state index is 12.6. The van der Waals surface area contributed by atoms with Crippen molar-refractivity contribution in [3.05, 3.63) is 72.1 Å². The number of carbonyl (C=O) groups excluding carboxylic acids is 1. The van der Waals surface area contributed by atoms with Crippen molar-refractivity contribution >= 4 is 22.6 Å². The van der Waals surface area contributed by atoms with E-state index < -0.39 is 17.9 Å². The van der Waals surface area contributed by atoms with Crippen LogP contribution in [0.1, 0.15) is 35.4 Å². The molecule has 0 spiro atoms. The number of amides is 1. The molecule has 2 N–H and O–H groups in total. The van der Waals surface area contributed by atoms with E-state index in [0.717, 1.165) is 17.2 Å². The average molecular weight is 336 g/mol. The summed E-state index contributed by atoms with van der Waals surface area (Å²) in [6.07, 6.45) is 2.72. The highest BCUT2D eigenvalue weighted by atomic mass is 16.4. The quantitative estimate of drug-likeness (QED) is 0.722. The van der Waals surface area contributed by atoms with Crippen molar-refractivity contribution in [3.8, 4) is 0 Å². The van der Waals surface area contributed by atoms with Crippen molar-refractivity contribution < 1.29 is 14.7 Å². The van der Waals surface area contributed by atoms with Crippen LogP contribution in [0.4, 0.5) is 0 Å². The summed E-state index contributed by atoms with van der Waals surface area (Å²) in [7, 11) is 0. The van der Waals surface area contributed by atoms with E-state index in [4.69, 9.17) is 0 Å². The lowest BCUT2D eigenvalue weighted by Gasteiger charge is -2.18. The second-order valence-electron chi connectivity index (χ2n) is 5.90. The minimum atomic E-state index is -1.11. The number of aromatic nitrogens is 1. The van der Waals surface area contributed by atoms with Gasteiger partial charge in [0.05, 0.1) is 0 Å². The molecule has 128 valence electrons. The third kappa shape index (κ3) is 3.40. The van der Waals surface area contributed by atoms with Gasteiger partial charge in [0.2, 0.25) is 0 Å². The maximum Gasteiger partial charge on any atom is 0.330 e. The first-order valence-electron chi connectivity index (χ1n) is 8.28. The van der Waals surface area contributed by atoms with Crippen LogP contribution in [0.3, 0.4) is 0 Å². The van der Waals surface area contributed by atoms with Crippen LogP contribution in [-0.2, 0) is 11.3 Å². The molecule has 1 amide bonds. The minimum absolute atomic E-state index is 0.390. The fraction of sp³-hybridized carbons (Fsp3) is 0.200. The summed E-state index contributed by atoms with van der Waals surface area (Å²) in [6.45, 7) is 2.74. The van der Waals surface area contributed by atoms with Crippen molar-refractivity contribution in [3.63, 3.8) is 0 Å². The van der Waals surface area contributed by atoms with Gasteiger partial charge in [0, 0.05) is 12.7 Å². The number of nitrogens with zero attached hydrogens (tertiary/aromatic N) is 1. The summed E-state index contributed by atoms with van der Waals surface area (Å²) < 4.78 is 1.83. The van der Waals surface area contributed by atoms with E-state index in [-0.39, 0.29) is 0 Å². The lowest BCUT2D eigenvalue weighted by Crippen LogP contribution is -2.35. The SMILES string of the molecule is CCCn1cccc1C(=O)NC(C(=O)O)c1cccc2ccccc12. The first-order chi connectivity index (χ1) is 12.1. The Labute approximate surface area is 145 Å². The van der Waals surface area contributed by atoms with Crippen molar-refractivity contribution in [1.82, 2.24) is 9.88 Å². The van der Waals surface area contributed by atoms with Crippen LogP contribution in [0.15, 0.2) is 60.8 Å². The first kappa shape index (κ1) is 16.8. The number of carboxylic acid groups (broad SMARTS) is 1. The number of carboxylic acids is 1. The van der Waals surface area contributed by atoms with Crippen LogP contribution in [-0.4, -0.2) is 21.6 Å². The molecule has 0 bridgehead atoms. The number of benzene rings is 2. The predicted octanol–water partition coefficient (Wildman–Crippen LogP) is 3.61. The van der Waals surface area contributed by atoms with E-state index in [1.165, 1.54) is 0 Å². The Hall–Kier alpha value is -3.08. The normalized spacial score (nSPS) is 12.0. The van der Waals surface area contributed by atoms with Gasteiger partial charge >= 0.3 is 5.97 Å². The Bertz CT molecular complexity index is 909. The fourth-order valence-corrected chi connectivity index (χ4v) is 3.04. The number of nitrogens with one attached hydrogen (secondary N) is 1. The average Bonchev–Trinajstić information content (AvgIpc) is 3.07. The zero-order valence-corrected chi connectivity index (χ0v) is 14.0. The summed E-state index contributed by atoms with van der Waals surface area (Å²) in [4.78, 5) is 24.5. The van der Waals surface area contributed by atoms with Gasteiger partial charge in [0.25, 0.3) is 5.91 Å². The topological polar surface area (TPSA) is 71.3 Å². The van der Waals surface area contributed by atoms with E-state index in [0.29, 0.717) is 17.8 Å². The van der Waals surface area contributed by atoms with Crippen molar-refractivity contribution in [2.45, 2.75) is 25.9 Å². The molecule has 1 unspecified atom stereocenters. The Morgan fingerprint density at radius 2 is 1.84 bits per heavy atom. The van der Waals surface area contributed by atoms with Gasteiger partial charge in [-0.1, -0.05) is 49.4 Å². The largest absolute Gasteiger partial charge is 0.479 e. The van der Waals surface area contributed by atoms with E-state index in [1.807, 2.05) is 48.0 Å². The van der Waals surface area contributed by atoms with Gasteiger partial charge in [-0.25, -0.2) is 4.79 Å². The zero-order valence-electron chi connectivity index (χ0n) is 14.0. The standard InChI is InChI=1S/C20H20N2O3/c1-2-12-22-13-6-11-17(22)19(23)21-18(20(24)25)16-10-5-8-14-7-3-4-9-15(14)16/h3-11,13,18H,2,12H2,1H3,(H,21,23)(H,24,25). The van der Waals surface area contributed by atoms with Crippen LogP contribution in [0.25, 0.3) is 10.8 Å². The molecule has 2 aromatic carbocycles. The molecule has 0 radical (unpaired) electrons. The highest BCUT2D eigenvalue weighted by molar-refractivity contribution is 5.97. The number of carbonyl (C=O) groups is 2. The molecule has 0 aliphatic carbocycles. The monoisotopic (exact) mass is 336 g/mol. The van der Waals surface area contributed by atoms with Crippen LogP contribution in [0, 0.1) is 0 Å². The summed E-state index contributed by atoms with van der Waals surface area (Å²) in [6, 6.07) is 15.4. The number of rotatable bonds is 6. The summed E-state index contributed by atoms with van der Waals surface area (Å²) >= 11 is 0. The van der Waals surface area contributed by atoms with Gasteiger partial charge in [-0.2, -0.15) is 0 Å². The maximum absolute atomic E-state index is 12.6. The van der Waals surface area contributed by atoms with Crippen molar-refractivity contribution in [2.24, 2.45) is 0 Å². The smallest absolute Gasteiger partial charge is 0.330 e. The van der Waals surface area contributed by atoms with E-state index >= 15 is 0 Å².